The lowest BCUT2D eigenvalue weighted by Gasteiger charge is -2.18. The number of amides is 2. The van der Waals surface area contributed by atoms with Crippen molar-refractivity contribution in [3.05, 3.63) is 65.2 Å². The van der Waals surface area contributed by atoms with Crippen molar-refractivity contribution in [1.29, 1.82) is 0 Å². The van der Waals surface area contributed by atoms with E-state index in [0.29, 0.717) is 18.1 Å². The van der Waals surface area contributed by atoms with Crippen LogP contribution in [0.25, 0.3) is 0 Å². The van der Waals surface area contributed by atoms with Crippen LogP contribution < -0.4 is 10.2 Å². The van der Waals surface area contributed by atoms with Gasteiger partial charge in [0.15, 0.2) is 0 Å². The normalized spacial score (nSPS) is 18.2. The predicted octanol–water partition coefficient (Wildman–Crippen LogP) is 3.61. The second-order valence-corrected chi connectivity index (χ2v) is 6.88. The van der Waals surface area contributed by atoms with E-state index in [2.05, 4.69) is 24.4 Å². The zero-order chi connectivity index (χ0) is 17.8. The Hall–Kier alpha value is -2.33. The highest BCUT2D eigenvalue weighted by molar-refractivity contribution is 6.30. The van der Waals surface area contributed by atoms with Crippen LogP contribution in [0.15, 0.2) is 54.6 Å². The van der Waals surface area contributed by atoms with Gasteiger partial charge in [0.25, 0.3) is 0 Å². The number of carbonyl (C=O) groups excluding carboxylic acids is 2. The van der Waals surface area contributed by atoms with E-state index < -0.39 is 0 Å². The summed E-state index contributed by atoms with van der Waals surface area (Å²) in [6.45, 7) is 3.03. The number of benzene rings is 2. The number of carbonyl (C=O) groups is 2. The van der Waals surface area contributed by atoms with Crippen LogP contribution in [-0.4, -0.2) is 24.9 Å². The summed E-state index contributed by atoms with van der Waals surface area (Å²) in [4.78, 5) is 26.4. The van der Waals surface area contributed by atoms with Gasteiger partial charge in [0.2, 0.25) is 11.8 Å². The number of anilines is 1. The van der Waals surface area contributed by atoms with Crippen LogP contribution in [0.3, 0.4) is 0 Å². The van der Waals surface area contributed by atoms with Gasteiger partial charge in [-0.25, -0.2) is 0 Å². The Bertz CT molecular complexity index is 763. The second-order valence-electron chi connectivity index (χ2n) is 6.44. The van der Waals surface area contributed by atoms with Gasteiger partial charge in [0.05, 0.1) is 5.92 Å². The van der Waals surface area contributed by atoms with E-state index >= 15 is 0 Å². The van der Waals surface area contributed by atoms with Crippen LogP contribution in [-0.2, 0) is 9.59 Å². The van der Waals surface area contributed by atoms with E-state index in [4.69, 9.17) is 11.6 Å². The summed E-state index contributed by atoms with van der Waals surface area (Å²) in [5, 5.41) is 3.56. The fraction of sp³-hybridized carbons (Fsp3) is 0.300. The molecule has 0 aromatic heterocycles. The highest BCUT2D eigenvalue weighted by atomic mass is 35.5. The molecule has 1 N–H and O–H groups in total. The minimum absolute atomic E-state index is 0.0430. The lowest BCUT2D eigenvalue weighted by Crippen LogP contribution is -2.35. The third kappa shape index (κ3) is 4.20. The minimum Gasteiger partial charge on any atom is -0.355 e. The molecular formula is C20H21ClN2O2. The first-order chi connectivity index (χ1) is 12.0. The van der Waals surface area contributed by atoms with Crippen LogP contribution in [0.5, 0.6) is 0 Å². The predicted molar refractivity (Wildman–Crippen MR) is 99.8 cm³/mol. The van der Waals surface area contributed by atoms with Crippen molar-refractivity contribution in [3.8, 4) is 0 Å². The van der Waals surface area contributed by atoms with Gasteiger partial charge in [-0.1, -0.05) is 54.9 Å². The SMILES string of the molecule is C[C@H](CNC(=O)[C@@H]1CC(=O)N(c2cccc(Cl)c2)C1)c1ccccc1. The van der Waals surface area contributed by atoms with Gasteiger partial charge in [0, 0.05) is 30.2 Å². The van der Waals surface area contributed by atoms with Crippen molar-refractivity contribution in [3.63, 3.8) is 0 Å². The van der Waals surface area contributed by atoms with Gasteiger partial charge in [-0.2, -0.15) is 0 Å². The smallest absolute Gasteiger partial charge is 0.227 e. The van der Waals surface area contributed by atoms with Gasteiger partial charge < -0.3 is 10.2 Å². The molecule has 2 aromatic carbocycles. The quantitative estimate of drug-likeness (QED) is 0.889. The molecule has 2 aromatic rings. The first-order valence-electron chi connectivity index (χ1n) is 8.43. The summed E-state index contributed by atoms with van der Waals surface area (Å²) in [6, 6.07) is 17.2. The molecule has 0 unspecified atom stereocenters. The highest BCUT2D eigenvalue weighted by Gasteiger charge is 2.35. The van der Waals surface area contributed by atoms with E-state index in [1.807, 2.05) is 24.3 Å². The molecule has 1 heterocycles. The molecule has 0 spiro atoms. The summed E-state index contributed by atoms with van der Waals surface area (Å²) in [5.41, 5.74) is 1.93. The molecule has 1 aliphatic rings. The van der Waals surface area contributed by atoms with Gasteiger partial charge in [-0.15, -0.1) is 0 Å². The Kier molecular flexibility index (Phi) is 5.39. The van der Waals surface area contributed by atoms with Crippen LogP contribution in [0.4, 0.5) is 5.69 Å². The topological polar surface area (TPSA) is 49.4 Å². The minimum atomic E-state index is -0.325. The fourth-order valence-corrected chi connectivity index (χ4v) is 3.26. The molecule has 1 saturated heterocycles. The molecular weight excluding hydrogens is 336 g/mol. The van der Waals surface area contributed by atoms with Crippen molar-refractivity contribution >= 4 is 29.1 Å². The molecule has 2 atom stereocenters. The molecule has 3 rings (SSSR count). The summed E-state index contributed by atoms with van der Waals surface area (Å²) in [5.74, 6) is -0.208. The molecule has 0 saturated carbocycles. The number of nitrogens with one attached hydrogen (secondary N) is 1. The molecule has 4 nitrogen and oxygen atoms in total. The van der Waals surface area contributed by atoms with E-state index in [9.17, 15) is 9.59 Å². The Morgan fingerprint density at radius 3 is 2.72 bits per heavy atom. The van der Waals surface area contributed by atoms with Crippen LogP contribution in [0, 0.1) is 5.92 Å². The number of rotatable bonds is 5. The van der Waals surface area contributed by atoms with Crippen molar-refractivity contribution in [2.24, 2.45) is 5.92 Å². The highest BCUT2D eigenvalue weighted by Crippen LogP contribution is 2.27. The van der Waals surface area contributed by atoms with Gasteiger partial charge in [0.1, 0.15) is 0 Å². The first-order valence-corrected chi connectivity index (χ1v) is 8.81. The van der Waals surface area contributed by atoms with Crippen molar-refractivity contribution in [2.75, 3.05) is 18.0 Å². The largest absolute Gasteiger partial charge is 0.355 e. The zero-order valence-electron chi connectivity index (χ0n) is 14.1. The molecule has 0 bridgehead atoms. The van der Waals surface area contributed by atoms with Gasteiger partial charge >= 0.3 is 0 Å². The van der Waals surface area contributed by atoms with Crippen molar-refractivity contribution in [1.82, 2.24) is 5.32 Å². The van der Waals surface area contributed by atoms with E-state index in [1.165, 1.54) is 5.56 Å². The van der Waals surface area contributed by atoms with Crippen molar-refractivity contribution < 1.29 is 9.59 Å². The zero-order valence-corrected chi connectivity index (χ0v) is 14.9. The van der Waals surface area contributed by atoms with Crippen LogP contribution in [0.1, 0.15) is 24.8 Å². The summed E-state index contributed by atoms with van der Waals surface area (Å²) in [6.07, 6.45) is 0.234. The Morgan fingerprint density at radius 2 is 2.00 bits per heavy atom. The molecule has 1 fully saturated rings. The molecule has 25 heavy (non-hydrogen) atoms. The first kappa shape index (κ1) is 17.5. The lowest BCUT2D eigenvalue weighted by atomic mass is 10.0. The maximum atomic E-state index is 12.5. The third-order valence-electron chi connectivity index (χ3n) is 4.57. The van der Waals surface area contributed by atoms with E-state index in [-0.39, 0.29) is 30.1 Å². The Labute approximate surface area is 152 Å². The number of halogens is 1. The fourth-order valence-electron chi connectivity index (χ4n) is 3.07. The second kappa shape index (κ2) is 7.70. The average molecular weight is 357 g/mol. The van der Waals surface area contributed by atoms with E-state index in [1.54, 1.807) is 23.1 Å². The average Bonchev–Trinajstić information content (AvgIpc) is 3.02. The number of nitrogens with zero attached hydrogens (tertiary/aromatic N) is 1. The summed E-state index contributed by atoms with van der Waals surface area (Å²) in [7, 11) is 0. The number of hydrogen-bond acceptors (Lipinski definition) is 2. The Morgan fingerprint density at radius 1 is 1.24 bits per heavy atom. The van der Waals surface area contributed by atoms with Crippen LogP contribution in [0.2, 0.25) is 5.02 Å². The maximum absolute atomic E-state index is 12.5. The van der Waals surface area contributed by atoms with Gasteiger partial charge in [-0.05, 0) is 29.7 Å². The summed E-state index contributed by atoms with van der Waals surface area (Å²) >= 11 is 6.00. The van der Waals surface area contributed by atoms with Gasteiger partial charge in [-0.3, -0.25) is 9.59 Å². The lowest BCUT2D eigenvalue weighted by molar-refractivity contribution is -0.126. The molecule has 1 aliphatic heterocycles. The maximum Gasteiger partial charge on any atom is 0.227 e. The standard InChI is InChI=1S/C20H21ClN2O2/c1-14(15-6-3-2-4-7-15)12-22-20(25)16-10-19(24)23(13-16)18-9-5-8-17(21)11-18/h2-9,11,14,16H,10,12-13H2,1H3,(H,22,25)/t14-,16-/m1/s1. The molecule has 0 radical (unpaired) electrons. The Balaban J connectivity index is 1.57. The molecule has 5 heteroatoms. The van der Waals surface area contributed by atoms with Crippen molar-refractivity contribution in [2.45, 2.75) is 19.3 Å². The number of hydrogen-bond donors (Lipinski definition) is 1. The molecule has 130 valence electrons. The molecule has 0 aliphatic carbocycles. The van der Waals surface area contributed by atoms with Crippen LogP contribution >= 0.6 is 11.6 Å². The third-order valence-corrected chi connectivity index (χ3v) is 4.80. The monoisotopic (exact) mass is 356 g/mol. The van der Waals surface area contributed by atoms with E-state index in [0.717, 1.165) is 5.69 Å². The molecule has 2 amide bonds. The summed E-state index contributed by atoms with van der Waals surface area (Å²) < 4.78 is 0.